The van der Waals surface area contributed by atoms with Crippen LogP contribution in [0.25, 0.3) is 0 Å². The van der Waals surface area contributed by atoms with Crippen molar-refractivity contribution in [1.82, 2.24) is 5.32 Å². The third kappa shape index (κ3) is 4.10. The predicted octanol–water partition coefficient (Wildman–Crippen LogP) is 2.83. The quantitative estimate of drug-likeness (QED) is 0.820. The molecule has 100 valence electrons. The van der Waals surface area contributed by atoms with Crippen molar-refractivity contribution in [3.05, 3.63) is 34.9 Å². The van der Waals surface area contributed by atoms with Crippen LogP contribution >= 0.6 is 15.9 Å². The van der Waals surface area contributed by atoms with Crippen LogP contribution in [0.4, 0.5) is 0 Å². The monoisotopic (exact) mass is 313 g/mol. The third-order valence-corrected chi connectivity index (χ3v) is 3.82. The lowest BCUT2D eigenvalue weighted by atomic mass is 10.0. The summed E-state index contributed by atoms with van der Waals surface area (Å²) in [4.78, 5) is 12.2. The molecule has 1 aromatic rings. The first-order chi connectivity index (χ1) is 8.60. The zero-order valence-electron chi connectivity index (χ0n) is 11.1. The molecule has 3 nitrogen and oxygen atoms in total. The number of rotatable bonds is 6. The fraction of sp³-hybridized carbons (Fsp3) is 0.500. The molecule has 0 aliphatic heterocycles. The van der Waals surface area contributed by atoms with Crippen molar-refractivity contribution in [3.8, 4) is 0 Å². The molecule has 0 aromatic heterocycles. The van der Waals surface area contributed by atoms with Crippen LogP contribution in [0.2, 0.25) is 0 Å². The molecule has 18 heavy (non-hydrogen) atoms. The highest BCUT2D eigenvalue weighted by Gasteiger charge is 2.14. The molecule has 1 atom stereocenters. The second-order valence-corrected chi connectivity index (χ2v) is 5.00. The van der Waals surface area contributed by atoms with Crippen LogP contribution in [0.15, 0.2) is 18.2 Å². The van der Waals surface area contributed by atoms with E-state index in [1.807, 2.05) is 32.0 Å². The van der Waals surface area contributed by atoms with Gasteiger partial charge in [-0.1, -0.05) is 28.1 Å². The van der Waals surface area contributed by atoms with Crippen molar-refractivity contribution in [2.75, 3.05) is 19.0 Å². The van der Waals surface area contributed by atoms with Crippen molar-refractivity contribution in [3.63, 3.8) is 0 Å². The van der Waals surface area contributed by atoms with Gasteiger partial charge in [0.2, 0.25) is 0 Å². The van der Waals surface area contributed by atoms with Gasteiger partial charge in [-0.2, -0.15) is 0 Å². The predicted molar refractivity (Wildman–Crippen MR) is 77.5 cm³/mol. The van der Waals surface area contributed by atoms with E-state index in [1.54, 1.807) is 7.11 Å². The maximum atomic E-state index is 12.2. The Hall–Kier alpha value is -0.870. The van der Waals surface area contributed by atoms with Crippen molar-refractivity contribution in [2.45, 2.75) is 26.3 Å². The van der Waals surface area contributed by atoms with Gasteiger partial charge in [0, 0.05) is 30.7 Å². The maximum Gasteiger partial charge on any atom is 0.251 e. The van der Waals surface area contributed by atoms with E-state index in [1.165, 1.54) is 0 Å². The van der Waals surface area contributed by atoms with E-state index in [0.717, 1.165) is 28.4 Å². The first-order valence-corrected chi connectivity index (χ1v) is 7.14. The van der Waals surface area contributed by atoms with E-state index in [0.29, 0.717) is 6.61 Å². The van der Waals surface area contributed by atoms with Crippen LogP contribution in [0.1, 0.15) is 27.9 Å². The van der Waals surface area contributed by atoms with Crippen LogP contribution in [0.5, 0.6) is 0 Å². The molecule has 0 spiro atoms. The number of carbonyl (C=O) groups excluding carboxylic acids is 1. The molecular weight excluding hydrogens is 294 g/mol. The summed E-state index contributed by atoms with van der Waals surface area (Å²) in [5.41, 5.74) is 2.92. The largest absolute Gasteiger partial charge is 0.385 e. The zero-order chi connectivity index (χ0) is 13.5. The summed E-state index contributed by atoms with van der Waals surface area (Å²) in [5.74, 6) is -0.0169. The van der Waals surface area contributed by atoms with Gasteiger partial charge in [-0.15, -0.1) is 0 Å². The Morgan fingerprint density at radius 3 is 2.78 bits per heavy atom. The number of nitrogens with one attached hydrogen (secondary N) is 1. The van der Waals surface area contributed by atoms with Crippen molar-refractivity contribution >= 4 is 21.8 Å². The summed E-state index contributed by atoms with van der Waals surface area (Å²) in [6.45, 7) is 4.63. The second-order valence-electron chi connectivity index (χ2n) is 4.35. The lowest BCUT2D eigenvalue weighted by molar-refractivity contribution is 0.0930. The second kappa shape index (κ2) is 7.54. The lowest BCUT2D eigenvalue weighted by Crippen LogP contribution is -2.37. The SMILES string of the molecule is COCCC(CBr)NC(=O)c1cccc(C)c1C. The van der Waals surface area contributed by atoms with Gasteiger partial charge >= 0.3 is 0 Å². The van der Waals surface area contributed by atoms with Gasteiger partial charge in [-0.05, 0) is 37.5 Å². The Bertz CT molecular complexity index is 407. The molecule has 1 N–H and O–H groups in total. The summed E-state index contributed by atoms with van der Waals surface area (Å²) in [7, 11) is 1.66. The van der Waals surface area contributed by atoms with Crippen LogP contribution in [0.3, 0.4) is 0 Å². The van der Waals surface area contributed by atoms with E-state index in [2.05, 4.69) is 21.2 Å². The summed E-state index contributed by atoms with van der Waals surface area (Å²) in [6.07, 6.45) is 0.804. The highest BCUT2D eigenvalue weighted by atomic mass is 79.9. The third-order valence-electron chi connectivity index (χ3n) is 3.04. The number of methoxy groups -OCH3 is 1. The van der Waals surface area contributed by atoms with Crippen molar-refractivity contribution < 1.29 is 9.53 Å². The van der Waals surface area contributed by atoms with Gasteiger partial charge in [-0.3, -0.25) is 4.79 Å². The number of alkyl halides is 1. The summed E-state index contributed by atoms with van der Waals surface area (Å²) in [5, 5.41) is 3.75. The average Bonchev–Trinajstić information content (AvgIpc) is 2.37. The Kier molecular flexibility index (Phi) is 6.36. The maximum absolute atomic E-state index is 12.2. The van der Waals surface area contributed by atoms with E-state index in [-0.39, 0.29) is 11.9 Å². The van der Waals surface area contributed by atoms with Gasteiger partial charge in [0.25, 0.3) is 5.91 Å². The van der Waals surface area contributed by atoms with Gasteiger partial charge in [0.15, 0.2) is 0 Å². The van der Waals surface area contributed by atoms with Crippen LogP contribution in [-0.2, 0) is 4.74 Å². The highest BCUT2D eigenvalue weighted by Crippen LogP contribution is 2.13. The van der Waals surface area contributed by atoms with Crippen molar-refractivity contribution in [2.24, 2.45) is 0 Å². The van der Waals surface area contributed by atoms with Crippen molar-refractivity contribution in [1.29, 1.82) is 0 Å². The fourth-order valence-electron chi connectivity index (χ4n) is 1.71. The standard InChI is InChI=1S/C14H20BrNO2/c1-10-5-4-6-13(11(10)2)14(17)16-12(9-15)7-8-18-3/h4-6,12H,7-9H2,1-3H3,(H,16,17). The first kappa shape index (κ1) is 15.2. The minimum absolute atomic E-state index is 0.0169. The Labute approximate surface area is 117 Å². The lowest BCUT2D eigenvalue weighted by Gasteiger charge is -2.17. The van der Waals surface area contributed by atoms with E-state index in [4.69, 9.17) is 4.74 Å². The molecule has 1 aromatic carbocycles. The number of halogens is 1. The zero-order valence-corrected chi connectivity index (χ0v) is 12.7. The normalized spacial score (nSPS) is 12.2. The molecule has 1 rings (SSSR count). The number of benzene rings is 1. The molecule has 0 saturated carbocycles. The molecular formula is C14H20BrNO2. The molecule has 0 radical (unpaired) electrons. The van der Waals surface area contributed by atoms with Crippen LogP contribution in [-0.4, -0.2) is 31.0 Å². The molecule has 0 heterocycles. The Balaban J connectivity index is 2.72. The smallest absolute Gasteiger partial charge is 0.251 e. The van der Waals surface area contributed by atoms with E-state index in [9.17, 15) is 4.79 Å². The van der Waals surface area contributed by atoms with Gasteiger partial charge in [0.05, 0.1) is 0 Å². The number of aryl methyl sites for hydroxylation is 1. The van der Waals surface area contributed by atoms with Crippen LogP contribution < -0.4 is 5.32 Å². The highest BCUT2D eigenvalue weighted by molar-refractivity contribution is 9.09. The molecule has 0 saturated heterocycles. The topological polar surface area (TPSA) is 38.3 Å². The minimum Gasteiger partial charge on any atom is -0.385 e. The number of amides is 1. The fourth-order valence-corrected chi connectivity index (χ4v) is 2.19. The van der Waals surface area contributed by atoms with Gasteiger partial charge in [0.1, 0.15) is 0 Å². The number of hydrogen-bond acceptors (Lipinski definition) is 2. The molecule has 0 aliphatic carbocycles. The molecule has 0 bridgehead atoms. The molecule has 1 amide bonds. The number of carbonyl (C=O) groups is 1. The number of ether oxygens (including phenoxy) is 1. The molecule has 0 fully saturated rings. The average molecular weight is 314 g/mol. The van der Waals surface area contributed by atoms with Crippen LogP contribution in [0, 0.1) is 13.8 Å². The number of hydrogen-bond donors (Lipinski definition) is 1. The van der Waals surface area contributed by atoms with E-state index < -0.39 is 0 Å². The summed E-state index contributed by atoms with van der Waals surface area (Å²) in [6, 6.07) is 5.88. The minimum atomic E-state index is -0.0169. The summed E-state index contributed by atoms with van der Waals surface area (Å²) >= 11 is 3.41. The molecule has 0 aliphatic rings. The Morgan fingerprint density at radius 2 is 2.17 bits per heavy atom. The molecule has 4 heteroatoms. The van der Waals surface area contributed by atoms with Gasteiger partial charge < -0.3 is 10.1 Å². The molecule has 1 unspecified atom stereocenters. The van der Waals surface area contributed by atoms with Gasteiger partial charge in [-0.25, -0.2) is 0 Å². The Morgan fingerprint density at radius 1 is 1.44 bits per heavy atom. The summed E-state index contributed by atoms with van der Waals surface area (Å²) < 4.78 is 5.03. The van der Waals surface area contributed by atoms with E-state index >= 15 is 0 Å². The first-order valence-electron chi connectivity index (χ1n) is 6.02.